The average molecular weight is 308 g/mol. The van der Waals surface area contributed by atoms with E-state index in [0.29, 0.717) is 0 Å². The third-order valence-electron chi connectivity index (χ3n) is 2.03. The molecule has 0 aliphatic carbocycles. The van der Waals surface area contributed by atoms with Gasteiger partial charge in [0.15, 0.2) is 0 Å². The van der Waals surface area contributed by atoms with Crippen LogP contribution in [-0.4, -0.2) is 29.9 Å². The Balaban J connectivity index is 2.17. The Labute approximate surface area is 122 Å². The number of rotatable bonds is 7. The molecular formula is C6H12N16. The summed E-state index contributed by atoms with van der Waals surface area (Å²) in [6.45, 7) is 0. The maximum absolute atomic E-state index is 6.89. The van der Waals surface area contributed by atoms with Crippen molar-refractivity contribution in [1.29, 1.82) is 5.53 Å². The van der Waals surface area contributed by atoms with Gasteiger partial charge in [0.2, 0.25) is 29.7 Å². The highest BCUT2D eigenvalue weighted by atomic mass is 15.5. The van der Waals surface area contributed by atoms with Crippen LogP contribution < -0.4 is 44.7 Å². The molecule has 22 heavy (non-hydrogen) atoms. The number of hydrogen-bond acceptors (Lipinski definition) is 16. The van der Waals surface area contributed by atoms with Crippen LogP contribution in [0, 0.1) is 5.53 Å². The largest absolute Gasteiger partial charge is 0.292 e. The minimum Gasteiger partial charge on any atom is -0.292 e. The molecule has 0 bridgehead atoms. The van der Waals surface area contributed by atoms with E-state index < -0.39 is 0 Å². The van der Waals surface area contributed by atoms with Gasteiger partial charge >= 0.3 is 0 Å². The van der Waals surface area contributed by atoms with E-state index in [2.05, 4.69) is 62.1 Å². The smallest absolute Gasteiger partial charge is 0.274 e. The molecule has 12 N–H and O–H groups in total. The molecule has 0 fully saturated rings. The number of hydrazine groups is 4. The highest BCUT2D eigenvalue weighted by molar-refractivity contribution is 5.46. The van der Waals surface area contributed by atoms with Gasteiger partial charge in [-0.15, -0.1) is 5.11 Å². The van der Waals surface area contributed by atoms with Crippen LogP contribution in [0.1, 0.15) is 0 Å². The molecule has 0 saturated heterocycles. The molecular weight excluding hydrogens is 296 g/mol. The van der Waals surface area contributed by atoms with Crippen LogP contribution in [0.3, 0.4) is 0 Å². The van der Waals surface area contributed by atoms with Crippen molar-refractivity contribution in [3.63, 3.8) is 0 Å². The summed E-state index contributed by atoms with van der Waals surface area (Å²) in [5.41, 5.74) is 18.7. The van der Waals surface area contributed by atoms with Crippen LogP contribution in [0.15, 0.2) is 5.11 Å². The molecule has 0 aliphatic rings. The van der Waals surface area contributed by atoms with E-state index in [4.69, 9.17) is 23.1 Å². The summed E-state index contributed by atoms with van der Waals surface area (Å²) >= 11 is 0. The van der Waals surface area contributed by atoms with Gasteiger partial charge in [0, 0.05) is 0 Å². The van der Waals surface area contributed by atoms with Crippen molar-refractivity contribution >= 4 is 35.7 Å². The third kappa shape index (κ3) is 3.53. The van der Waals surface area contributed by atoms with Gasteiger partial charge in [-0.3, -0.25) is 27.1 Å². The summed E-state index contributed by atoms with van der Waals surface area (Å²) in [6, 6.07) is 0. The SMILES string of the molecule is N=Nc1nc(NN)nc(NNc2nc(NN)nc(NN)n2)n1. The Morgan fingerprint density at radius 1 is 0.636 bits per heavy atom. The molecule has 16 nitrogen and oxygen atoms in total. The maximum atomic E-state index is 6.89. The molecule has 0 saturated carbocycles. The van der Waals surface area contributed by atoms with Crippen LogP contribution in [-0.2, 0) is 0 Å². The van der Waals surface area contributed by atoms with Gasteiger partial charge in [0.1, 0.15) is 0 Å². The molecule has 2 heterocycles. The van der Waals surface area contributed by atoms with E-state index in [1.54, 1.807) is 0 Å². The summed E-state index contributed by atoms with van der Waals surface area (Å²) in [5, 5.41) is 3.08. The van der Waals surface area contributed by atoms with Gasteiger partial charge in [-0.2, -0.15) is 29.9 Å². The van der Waals surface area contributed by atoms with E-state index >= 15 is 0 Å². The first-order valence-electron chi connectivity index (χ1n) is 5.50. The highest BCUT2D eigenvalue weighted by Crippen LogP contribution is 2.11. The second-order valence-corrected chi connectivity index (χ2v) is 3.38. The van der Waals surface area contributed by atoms with Gasteiger partial charge in [-0.05, 0) is 0 Å². The van der Waals surface area contributed by atoms with Crippen molar-refractivity contribution < 1.29 is 0 Å². The van der Waals surface area contributed by atoms with E-state index in [9.17, 15) is 0 Å². The molecule has 0 unspecified atom stereocenters. The first-order chi connectivity index (χ1) is 10.7. The van der Waals surface area contributed by atoms with E-state index in [1.807, 2.05) is 0 Å². The van der Waals surface area contributed by atoms with Crippen molar-refractivity contribution in [3.8, 4) is 0 Å². The van der Waals surface area contributed by atoms with Crippen molar-refractivity contribution in [3.05, 3.63) is 0 Å². The number of nitrogen functional groups attached to an aromatic ring is 3. The van der Waals surface area contributed by atoms with Crippen LogP contribution in [0.2, 0.25) is 0 Å². The van der Waals surface area contributed by atoms with Gasteiger partial charge in [0.05, 0.1) is 0 Å². The maximum Gasteiger partial charge on any atom is 0.274 e. The number of aromatic nitrogens is 6. The summed E-state index contributed by atoms with van der Waals surface area (Å²) < 4.78 is 0. The molecule has 0 spiro atoms. The second kappa shape index (κ2) is 6.78. The number of nitrogens with one attached hydrogen (secondary N) is 6. The van der Waals surface area contributed by atoms with Crippen molar-refractivity contribution in [2.45, 2.75) is 0 Å². The van der Waals surface area contributed by atoms with Gasteiger partial charge < -0.3 is 0 Å². The fraction of sp³-hybridized carbons (Fsp3) is 0. The van der Waals surface area contributed by atoms with Gasteiger partial charge in [0.25, 0.3) is 5.95 Å². The van der Waals surface area contributed by atoms with Crippen molar-refractivity contribution in [2.75, 3.05) is 27.1 Å². The first kappa shape index (κ1) is 14.9. The van der Waals surface area contributed by atoms with Gasteiger partial charge in [-0.1, -0.05) is 0 Å². The molecule has 116 valence electrons. The monoisotopic (exact) mass is 308 g/mol. The summed E-state index contributed by atoms with van der Waals surface area (Å²) in [4.78, 5) is 23.0. The minimum absolute atomic E-state index is 0.00887. The normalized spacial score (nSPS) is 9.77. The molecule has 0 atom stereocenters. The molecule has 2 aromatic heterocycles. The first-order valence-corrected chi connectivity index (χ1v) is 5.50. The number of nitrogens with zero attached hydrogens (tertiary/aromatic N) is 7. The van der Waals surface area contributed by atoms with Crippen molar-refractivity contribution in [1.82, 2.24) is 29.9 Å². The summed E-state index contributed by atoms with van der Waals surface area (Å²) in [6.07, 6.45) is 0. The number of hydrogen-bond donors (Lipinski definition) is 9. The van der Waals surface area contributed by atoms with Crippen molar-refractivity contribution in [2.24, 2.45) is 22.6 Å². The van der Waals surface area contributed by atoms with Crippen LogP contribution in [0.4, 0.5) is 35.7 Å². The lowest BCUT2D eigenvalue weighted by Crippen LogP contribution is -2.20. The molecule has 0 radical (unpaired) electrons. The zero-order valence-corrected chi connectivity index (χ0v) is 10.9. The van der Waals surface area contributed by atoms with Crippen LogP contribution >= 0.6 is 0 Å². The minimum atomic E-state index is -0.156. The lowest BCUT2D eigenvalue weighted by molar-refractivity contribution is 0.962. The Morgan fingerprint density at radius 3 is 1.45 bits per heavy atom. The average Bonchev–Trinajstić information content (AvgIpc) is 2.59. The van der Waals surface area contributed by atoms with E-state index in [0.717, 1.165) is 0 Å². The Morgan fingerprint density at radius 2 is 1.00 bits per heavy atom. The standard InChI is InChI=1S/C6H12N16/c7-17-1-11-2(18-8)14-5(13-1)21-22-6-15-3(19-9)12-4(16-6)20-10/h7H,8-10H2,(H2,11,13,14,18,21)(H3,12,15,16,19,20,22). The fourth-order valence-electron chi connectivity index (χ4n) is 1.21. The molecule has 0 amide bonds. The highest BCUT2D eigenvalue weighted by Gasteiger charge is 2.07. The molecule has 0 aliphatic heterocycles. The van der Waals surface area contributed by atoms with E-state index in [-0.39, 0.29) is 35.7 Å². The summed E-state index contributed by atoms with van der Waals surface area (Å²) in [7, 11) is 0. The molecule has 16 heteroatoms. The third-order valence-corrected chi connectivity index (χ3v) is 2.03. The Hall–Kier alpha value is -3.50. The Bertz CT molecular complexity index is 631. The fourth-order valence-corrected chi connectivity index (χ4v) is 1.21. The quantitative estimate of drug-likeness (QED) is 0.152. The lowest BCUT2D eigenvalue weighted by Gasteiger charge is -2.09. The van der Waals surface area contributed by atoms with E-state index in [1.165, 1.54) is 0 Å². The zero-order valence-electron chi connectivity index (χ0n) is 10.9. The number of anilines is 5. The van der Waals surface area contributed by atoms with Gasteiger partial charge in [-0.25, -0.2) is 23.1 Å². The lowest BCUT2D eigenvalue weighted by atomic mass is 10.8. The Kier molecular flexibility index (Phi) is 4.59. The zero-order chi connectivity index (χ0) is 15.9. The predicted octanol–water partition coefficient (Wildman–Crippen LogP) is -1.99. The number of nitrogens with two attached hydrogens (primary N) is 3. The summed E-state index contributed by atoms with van der Waals surface area (Å²) in [5.74, 6) is 15.7. The second-order valence-electron chi connectivity index (χ2n) is 3.38. The molecule has 2 rings (SSSR count). The topological polar surface area (TPSA) is 252 Å². The van der Waals surface area contributed by atoms with Crippen LogP contribution in [0.5, 0.6) is 0 Å². The predicted molar refractivity (Wildman–Crippen MR) is 75.1 cm³/mol. The van der Waals surface area contributed by atoms with Crippen LogP contribution in [0.25, 0.3) is 0 Å². The molecule has 0 aromatic carbocycles. The molecule has 2 aromatic rings.